The summed E-state index contributed by atoms with van der Waals surface area (Å²) in [5.74, 6) is -0.140. The van der Waals surface area contributed by atoms with Crippen LogP contribution in [0.2, 0.25) is 0 Å². The smallest absolute Gasteiger partial charge is 0.328 e. The van der Waals surface area contributed by atoms with Crippen molar-refractivity contribution in [2.24, 2.45) is 5.92 Å². The molecule has 0 aromatic rings. The molecule has 0 bridgehead atoms. The molecular formula is C11H22N2O4. The number of amides is 2. The third-order valence-corrected chi connectivity index (χ3v) is 2.09. The van der Waals surface area contributed by atoms with Gasteiger partial charge in [-0.15, -0.1) is 0 Å². The fourth-order valence-corrected chi connectivity index (χ4v) is 1.30. The third-order valence-electron chi connectivity index (χ3n) is 2.09. The third kappa shape index (κ3) is 7.57. The predicted octanol–water partition coefficient (Wildman–Crippen LogP) is 0.520. The number of ether oxygens (including phenoxy) is 2. The van der Waals surface area contributed by atoms with E-state index in [2.05, 4.69) is 15.4 Å². The summed E-state index contributed by atoms with van der Waals surface area (Å²) in [6.07, 6.45) is 0.546. The highest BCUT2D eigenvalue weighted by Gasteiger charge is 2.22. The van der Waals surface area contributed by atoms with Gasteiger partial charge in [0.25, 0.3) is 0 Å². The van der Waals surface area contributed by atoms with Crippen LogP contribution in [0.3, 0.4) is 0 Å². The zero-order valence-corrected chi connectivity index (χ0v) is 10.9. The van der Waals surface area contributed by atoms with Crippen molar-refractivity contribution in [3.8, 4) is 0 Å². The largest absolute Gasteiger partial charge is 0.467 e. The van der Waals surface area contributed by atoms with Gasteiger partial charge in [0.2, 0.25) is 0 Å². The molecule has 6 nitrogen and oxygen atoms in total. The Morgan fingerprint density at radius 2 is 1.88 bits per heavy atom. The molecule has 2 amide bonds. The van der Waals surface area contributed by atoms with E-state index in [-0.39, 0.29) is 0 Å². The number of hydrogen-bond donors (Lipinski definition) is 2. The summed E-state index contributed by atoms with van der Waals surface area (Å²) in [5, 5.41) is 5.16. The first-order valence-corrected chi connectivity index (χ1v) is 5.62. The molecule has 0 radical (unpaired) electrons. The lowest BCUT2D eigenvalue weighted by molar-refractivity contribution is -0.143. The first kappa shape index (κ1) is 15.7. The van der Waals surface area contributed by atoms with Gasteiger partial charge in [-0.1, -0.05) is 13.8 Å². The molecule has 0 aliphatic carbocycles. The van der Waals surface area contributed by atoms with Crippen molar-refractivity contribution in [2.75, 3.05) is 27.4 Å². The van der Waals surface area contributed by atoms with Crippen molar-refractivity contribution in [3.63, 3.8) is 0 Å². The van der Waals surface area contributed by atoms with Crippen LogP contribution in [0.4, 0.5) is 4.79 Å². The zero-order valence-electron chi connectivity index (χ0n) is 10.9. The Morgan fingerprint density at radius 1 is 1.24 bits per heavy atom. The van der Waals surface area contributed by atoms with Crippen LogP contribution in [0.5, 0.6) is 0 Å². The van der Waals surface area contributed by atoms with E-state index in [1.807, 2.05) is 13.8 Å². The van der Waals surface area contributed by atoms with Gasteiger partial charge in [-0.25, -0.2) is 9.59 Å². The number of carbonyl (C=O) groups excluding carboxylic acids is 2. The van der Waals surface area contributed by atoms with E-state index >= 15 is 0 Å². The van der Waals surface area contributed by atoms with E-state index in [1.165, 1.54) is 7.11 Å². The molecule has 0 saturated heterocycles. The molecule has 0 aromatic heterocycles. The molecule has 1 atom stereocenters. The topological polar surface area (TPSA) is 76.7 Å². The Labute approximate surface area is 102 Å². The lowest BCUT2D eigenvalue weighted by atomic mass is 10.0. The van der Waals surface area contributed by atoms with Crippen LogP contribution in [0.1, 0.15) is 20.3 Å². The van der Waals surface area contributed by atoms with Gasteiger partial charge in [-0.2, -0.15) is 0 Å². The standard InChI is InChI=1S/C11H22N2O4/c1-8(2)7-9(10(14)17-4)13-11(15)12-5-6-16-3/h8-9H,5-7H2,1-4H3,(H2,12,13,15). The molecule has 2 N–H and O–H groups in total. The average Bonchev–Trinajstić information content (AvgIpc) is 2.27. The van der Waals surface area contributed by atoms with E-state index in [9.17, 15) is 9.59 Å². The zero-order chi connectivity index (χ0) is 13.3. The molecule has 0 saturated carbocycles. The van der Waals surface area contributed by atoms with Gasteiger partial charge >= 0.3 is 12.0 Å². The van der Waals surface area contributed by atoms with Crippen molar-refractivity contribution in [1.29, 1.82) is 0 Å². The Bertz CT molecular complexity index is 244. The lowest BCUT2D eigenvalue weighted by Gasteiger charge is -2.18. The number of esters is 1. The van der Waals surface area contributed by atoms with Crippen LogP contribution in [0.15, 0.2) is 0 Å². The van der Waals surface area contributed by atoms with Crippen LogP contribution in [0, 0.1) is 5.92 Å². The molecule has 0 aliphatic heterocycles. The molecule has 0 rings (SSSR count). The molecule has 0 aromatic carbocycles. The molecule has 0 fully saturated rings. The van der Waals surface area contributed by atoms with Crippen molar-refractivity contribution in [2.45, 2.75) is 26.3 Å². The maximum atomic E-state index is 11.4. The van der Waals surface area contributed by atoms with Crippen LogP contribution >= 0.6 is 0 Å². The van der Waals surface area contributed by atoms with Gasteiger partial charge in [0.15, 0.2) is 0 Å². The minimum absolute atomic E-state index is 0.290. The molecule has 1 unspecified atom stereocenters. The second kappa shape index (κ2) is 8.81. The van der Waals surface area contributed by atoms with Crippen molar-refractivity contribution < 1.29 is 19.1 Å². The highest BCUT2D eigenvalue weighted by molar-refractivity contribution is 5.83. The summed E-state index contributed by atoms with van der Waals surface area (Å²) < 4.78 is 9.43. The normalized spacial score (nSPS) is 12.1. The van der Waals surface area contributed by atoms with Gasteiger partial charge < -0.3 is 20.1 Å². The van der Waals surface area contributed by atoms with Crippen molar-refractivity contribution in [3.05, 3.63) is 0 Å². The summed E-state index contributed by atoms with van der Waals surface area (Å²) in [4.78, 5) is 22.9. The van der Waals surface area contributed by atoms with Crippen LogP contribution in [-0.2, 0) is 14.3 Å². The highest BCUT2D eigenvalue weighted by atomic mass is 16.5. The number of nitrogens with one attached hydrogen (secondary N) is 2. The number of methoxy groups -OCH3 is 2. The van der Waals surface area contributed by atoms with Crippen molar-refractivity contribution in [1.82, 2.24) is 10.6 Å². The molecule has 17 heavy (non-hydrogen) atoms. The summed E-state index contributed by atoms with van der Waals surface area (Å²) in [7, 11) is 2.86. The number of rotatable bonds is 7. The Morgan fingerprint density at radius 3 is 2.35 bits per heavy atom. The molecule has 100 valence electrons. The quantitative estimate of drug-likeness (QED) is 0.507. The summed E-state index contributed by atoms with van der Waals surface area (Å²) in [6.45, 7) is 4.78. The summed E-state index contributed by atoms with van der Waals surface area (Å²) in [6, 6.07) is -0.999. The predicted molar refractivity (Wildman–Crippen MR) is 63.7 cm³/mol. The van der Waals surface area contributed by atoms with Gasteiger partial charge in [0, 0.05) is 13.7 Å². The molecule has 6 heteroatoms. The molecular weight excluding hydrogens is 224 g/mol. The second-order valence-corrected chi connectivity index (χ2v) is 4.10. The van der Waals surface area contributed by atoms with E-state index in [4.69, 9.17) is 4.74 Å². The fraction of sp³-hybridized carbons (Fsp3) is 0.818. The van der Waals surface area contributed by atoms with Gasteiger partial charge in [0.05, 0.1) is 13.7 Å². The van der Waals surface area contributed by atoms with Crippen molar-refractivity contribution >= 4 is 12.0 Å². The van der Waals surface area contributed by atoms with E-state index in [0.29, 0.717) is 25.5 Å². The first-order valence-electron chi connectivity index (χ1n) is 5.62. The van der Waals surface area contributed by atoms with Crippen LogP contribution in [-0.4, -0.2) is 45.4 Å². The molecule has 0 aliphatic rings. The summed E-state index contributed by atoms with van der Waals surface area (Å²) in [5.41, 5.74) is 0. The van der Waals surface area contributed by atoms with Crippen LogP contribution < -0.4 is 10.6 Å². The second-order valence-electron chi connectivity index (χ2n) is 4.10. The maximum Gasteiger partial charge on any atom is 0.328 e. The number of hydrogen-bond acceptors (Lipinski definition) is 4. The minimum Gasteiger partial charge on any atom is -0.467 e. The fourth-order valence-electron chi connectivity index (χ4n) is 1.30. The Kier molecular flexibility index (Phi) is 8.13. The van der Waals surface area contributed by atoms with Gasteiger partial charge in [-0.3, -0.25) is 0 Å². The SMILES string of the molecule is COCCNC(=O)NC(CC(C)C)C(=O)OC. The number of urea groups is 1. The van der Waals surface area contributed by atoms with Gasteiger partial charge in [0.1, 0.15) is 6.04 Å². The van der Waals surface area contributed by atoms with Crippen LogP contribution in [0.25, 0.3) is 0 Å². The van der Waals surface area contributed by atoms with E-state index < -0.39 is 18.0 Å². The Balaban J connectivity index is 4.13. The first-order chi connectivity index (χ1) is 8.01. The minimum atomic E-state index is -0.609. The maximum absolute atomic E-state index is 11.4. The number of carbonyl (C=O) groups is 2. The van der Waals surface area contributed by atoms with E-state index in [0.717, 1.165) is 0 Å². The molecule has 0 heterocycles. The monoisotopic (exact) mass is 246 g/mol. The molecule has 0 spiro atoms. The summed E-state index contributed by atoms with van der Waals surface area (Å²) >= 11 is 0. The van der Waals surface area contributed by atoms with E-state index in [1.54, 1.807) is 7.11 Å². The Hall–Kier alpha value is -1.30. The highest BCUT2D eigenvalue weighted by Crippen LogP contribution is 2.05. The van der Waals surface area contributed by atoms with Gasteiger partial charge in [-0.05, 0) is 12.3 Å². The lowest BCUT2D eigenvalue weighted by Crippen LogP contribution is -2.47. The average molecular weight is 246 g/mol.